The van der Waals surface area contributed by atoms with Crippen LogP contribution in [0.4, 0.5) is 0 Å². The normalized spacial score (nSPS) is 12.5. The van der Waals surface area contributed by atoms with Gasteiger partial charge in [-0.3, -0.25) is 9.59 Å². The molecule has 0 rings (SSSR count). The number of hydrogen-bond acceptors (Lipinski definition) is 5. The molecule has 0 aliphatic rings. The van der Waals surface area contributed by atoms with Crippen LogP contribution in [0, 0.1) is 0 Å². The van der Waals surface area contributed by atoms with E-state index in [0.29, 0.717) is 25.9 Å². The fraction of sp³-hybridized carbons (Fsp3) is 0.933. The first kappa shape index (κ1) is 93.3. The van der Waals surface area contributed by atoms with Crippen LogP contribution in [0.2, 0.25) is 0 Å². The molecule has 3 N–H and O–H groups in total. The summed E-state index contributed by atoms with van der Waals surface area (Å²) >= 11 is 0. The van der Waals surface area contributed by atoms with E-state index < -0.39 is 12.1 Å². The fourth-order valence-electron chi connectivity index (χ4n) is 14.3. The number of ether oxygens (including phenoxy) is 1. The van der Waals surface area contributed by atoms with Gasteiger partial charge >= 0.3 is 5.97 Å². The molecule has 0 radical (unpaired) electrons. The molecule has 0 aliphatic heterocycles. The Kier molecular flexibility index (Phi) is 83.3. The lowest BCUT2D eigenvalue weighted by Gasteiger charge is -2.22. The molecule has 1 amide bonds. The summed E-state index contributed by atoms with van der Waals surface area (Å²) in [5.41, 5.74) is 0. The number of hydrogen-bond donors (Lipinski definition) is 3. The van der Waals surface area contributed by atoms with E-state index in [9.17, 15) is 19.8 Å². The molecule has 6 heteroatoms. The molecular formula is C89H173NO5. The summed E-state index contributed by atoms with van der Waals surface area (Å²) in [7, 11) is 0. The van der Waals surface area contributed by atoms with Crippen LogP contribution in [0.5, 0.6) is 0 Å². The first-order valence-electron chi connectivity index (χ1n) is 44.1. The topological polar surface area (TPSA) is 95.9 Å². The molecule has 0 aliphatic carbocycles. The zero-order chi connectivity index (χ0) is 68.4. The molecule has 0 bridgehead atoms. The lowest BCUT2D eigenvalue weighted by atomic mass is 10.0. The van der Waals surface area contributed by atoms with Gasteiger partial charge in [0.15, 0.2) is 0 Å². The van der Waals surface area contributed by atoms with Gasteiger partial charge in [-0.15, -0.1) is 0 Å². The maximum atomic E-state index is 12.6. The molecule has 0 saturated heterocycles. The fourth-order valence-corrected chi connectivity index (χ4v) is 14.3. The Morgan fingerprint density at radius 3 is 0.747 bits per heavy atom. The molecule has 2 unspecified atom stereocenters. The van der Waals surface area contributed by atoms with Gasteiger partial charge in [-0.25, -0.2) is 0 Å². The quantitative estimate of drug-likeness (QED) is 0.0320. The van der Waals surface area contributed by atoms with E-state index in [2.05, 4.69) is 43.5 Å². The number of rotatable bonds is 84. The summed E-state index contributed by atoms with van der Waals surface area (Å²) in [6.07, 6.45) is 110. The van der Waals surface area contributed by atoms with Crippen LogP contribution in [0.15, 0.2) is 24.3 Å². The molecule has 2 atom stereocenters. The largest absolute Gasteiger partial charge is 0.466 e. The molecule has 0 fully saturated rings. The van der Waals surface area contributed by atoms with Crippen molar-refractivity contribution >= 4 is 11.9 Å². The number of nitrogens with one attached hydrogen (secondary N) is 1. The molecule has 0 saturated carbocycles. The number of amides is 1. The number of carbonyl (C=O) groups is 2. The van der Waals surface area contributed by atoms with Gasteiger partial charge < -0.3 is 20.3 Å². The molecule has 95 heavy (non-hydrogen) atoms. The predicted molar refractivity (Wildman–Crippen MR) is 421 cm³/mol. The van der Waals surface area contributed by atoms with Gasteiger partial charge in [0, 0.05) is 12.8 Å². The van der Waals surface area contributed by atoms with E-state index in [1.165, 1.54) is 437 Å². The molecule has 564 valence electrons. The van der Waals surface area contributed by atoms with Gasteiger partial charge in [-0.2, -0.15) is 0 Å². The van der Waals surface area contributed by atoms with Crippen LogP contribution < -0.4 is 5.32 Å². The van der Waals surface area contributed by atoms with E-state index in [0.717, 1.165) is 38.5 Å². The highest BCUT2D eigenvalue weighted by Crippen LogP contribution is 2.21. The van der Waals surface area contributed by atoms with Gasteiger partial charge in [-0.1, -0.05) is 443 Å². The number of esters is 1. The molecular weight excluding hydrogens is 1160 g/mol. The Morgan fingerprint density at radius 1 is 0.284 bits per heavy atom. The Balaban J connectivity index is 3.31. The first-order chi connectivity index (χ1) is 47.0. The van der Waals surface area contributed by atoms with E-state index >= 15 is 0 Å². The Morgan fingerprint density at radius 2 is 0.495 bits per heavy atom. The van der Waals surface area contributed by atoms with Gasteiger partial charge in [0.2, 0.25) is 5.91 Å². The molecule has 0 spiro atoms. The second-order valence-electron chi connectivity index (χ2n) is 30.6. The molecule has 0 aromatic heterocycles. The van der Waals surface area contributed by atoms with Crippen molar-refractivity contribution in [2.75, 3.05) is 13.2 Å². The SMILES string of the molecule is CCCCCCCC/C=C\CCCCCCCCCCCC(=O)OCCCCCCCCCCCCCCCCCCCC/C=C\CCCCCCCCCCCCCCCCCCCC(=O)NC(CO)C(O)CCCCCCCCCCCCCCCCCCCCCC. The average molecular weight is 1340 g/mol. The molecule has 0 aromatic rings. The van der Waals surface area contributed by atoms with Gasteiger partial charge in [0.05, 0.1) is 25.4 Å². The lowest BCUT2D eigenvalue weighted by molar-refractivity contribution is -0.143. The number of unbranched alkanes of at least 4 members (excludes halogenated alkanes) is 69. The molecule has 0 aromatic carbocycles. The van der Waals surface area contributed by atoms with Crippen molar-refractivity contribution in [3.05, 3.63) is 24.3 Å². The minimum Gasteiger partial charge on any atom is -0.466 e. The number of allylic oxidation sites excluding steroid dienone is 4. The molecule has 0 heterocycles. The standard InChI is InChI=1S/C89H173NO5/c1-3-5-7-9-11-13-15-17-19-21-23-46-49-53-57-61-65-69-73-77-81-87(92)86(85-91)90-88(93)82-78-74-70-66-62-58-54-50-47-43-41-39-37-35-33-31-29-27-25-24-26-28-30-32-34-36-38-40-42-44-48-52-56-60-64-68-72-76-80-84-95-89(94)83-79-75-71-67-63-59-55-51-45-22-20-18-16-14-12-10-8-6-4-2/h18,20,24-25,86-87,91-92H,3-17,19,21-23,26-85H2,1-2H3,(H,90,93)/b20-18-,25-24-. The van der Waals surface area contributed by atoms with E-state index in [4.69, 9.17) is 4.74 Å². The maximum Gasteiger partial charge on any atom is 0.305 e. The monoisotopic (exact) mass is 1340 g/mol. The average Bonchev–Trinajstić information content (AvgIpc) is 2.96. The van der Waals surface area contributed by atoms with Crippen molar-refractivity contribution < 1.29 is 24.5 Å². The zero-order valence-electron chi connectivity index (χ0n) is 64.9. The Hall–Kier alpha value is -1.66. The van der Waals surface area contributed by atoms with Crippen LogP contribution >= 0.6 is 0 Å². The van der Waals surface area contributed by atoms with Gasteiger partial charge in [0.1, 0.15) is 0 Å². The summed E-state index contributed by atoms with van der Waals surface area (Å²) in [6, 6.07) is -0.539. The number of aliphatic hydroxyl groups is 2. The second kappa shape index (κ2) is 84.8. The van der Waals surface area contributed by atoms with E-state index in [1.54, 1.807) is 0 Å². The summed E-state index contributed by atoms with van der Waals surface area (Å²) in [6.45, 7) is 5.01. The van der Waals surface area contributed by atoms with Crippen LogP contribution in [0.3, 0.4) is 0 Å². The third-order valence-electron chi connectivity index (χ3n) is 21.0. The van der Waals surface area contributed by atoms with Crippen LogP contribution in [0.1, 0.15) is 508 Å². The highest BCUT2D eigenvalue weighted by atomic mass is 16.5. The summed E-state index contributed by atoms with van der Waals surface area (Å²) in [5, 5.41) is 23.5. The van der Waals surface area contributed by atoms with Crippen molar-refractivity contribution in [2.45, 2.75) is 520 Å². The predicted octanol–water partition coefficient (Wildman–Crippen LogP) is 29.6. The van der Waals surface area contributed by atoms with Crippen molar-refractivity contribution in [1.29, 1.82) is 0 Å². The smallest absolute Gasteiger partial charge is 0.305 e. The van der Waals surface area contributed by atoms with Gasteiger partial charge in [0.25, 0.3) is 0 Å². The summed E-state index contributed by atoms with van der Waals surface area (Å²) < 4.78 is 5.52. The van der Waals surface area contributed by atoms with E-state index in [1.807, 2.05) is 0 Å². The Bertz CT molecular complexity index is 1500. The number of carbonyl (C=O) groups excluding carboxylic acids is 2. The third kappa shape index (κ3) is 81.2. The Labute approximate surface area is 596 Å². The third-order valence-corrected chi connectivity index (χ3v) is 21.0. The summed E-state index contributed by atoms with van der Waals surface area (Å²) in [5.74, 6) is -0.00168. The van der Waals surface area contributed by atoms with Crippen molar-refractivity contribution in [2.24, 2.45) is 0 Å². The summed E-state index contributed by atoms with van der Waals surface area (Å²) in [4.78, 5) is 24.7. The lowest BCUT2D eigenvalue weighted by Crippen LogP contribution is -2.45. The second-order valence-corrected chi connectivity index (χ2v) is 30.6. The highest BCUT2D eigenvalue weighted by Gasteiger charge is 2.20. The highest BCUT2D eigenvalue weighted by molar-refractivity contribution is 5.76. The minimum absolute atomic E-state index is 0.0233. The molecule has 6 nitrogen and oxygen atoms in total. The minimum atomic E-state index is -0.662. The zero-order valence-corrected chi connectivity index (χ0v) is 64.9. The van der Waals surface area contributed by atoms with E-state index in [-0.39, 0.29) is 18.5 Å². The maximum absolute atomic E-state index is 12.6. The van der Waals surface area contributed by atoms with Gasteiger partial charge in [-0.05, 0) is 77.0 Å². The van der Waals surface area contributed by atoms with Crippen LogP contribution in [-0.4, -0.2) is 47.4 Å². The van der Waals surface area contributed by atoms with Crippen molar-refractivity contribution in [3.63, 3.8) is 0 Å². The van der Waals surface area contributed by atoms with Crippen molar-refractivity contribution in [1.82, 2.24) is 5.32 Å². The van der Waals surface area contributed by atoms with Crippen LogP contribution in [-0.2, 0) is 14.3 Å². The number of aliphatic hydroxyl groups excluding tert-OH is 2. The van der Waals surface area contributed by atoms with Crippen molar-refractivity contribution in [3.8, 4) is 0 Å². The van der Waals surface area contributed by atoms with Crippen LogP contribution in [0.25, 0.3) is 0 Å². The first-order valence-corrected chi connectivity index (χ1v) is 44.1.